The van der Waals surface area contributed by atoms with E-state index in [4.69, 9.17) is 11.6 Å². The van der Waals surface area contributed by atoms with Gasteiger partial charge in [-0.15, -0.1) is 0 Å². The number of hydrogen-bond donors (Lipinski definition) is 1. The number of likely N-dealkylation sites (tertiary alicyclic amines) is 1. The van der Waals surface area contributed by atoms with Crippen LogP contribution in [0.25, 0.3) is 0 Å². The predicted octanol–water partition coefficient (Wildman–Crippen LogP) is 5.92. The molecule has 3 nitrogen and oxygen atoms in total. The van der Waals surface area contributed by atoms with Crippen LogP contribution in [0.2, 0.25) is 5.02 Å². The maximum atomic E-state index is 12.6. The molecule has 1 saturated heterocycles. The highest BCUT2D eigenvalue weighted by atomic mass is 35.5. The number of hydrogen-bond acceptors (Lipinski definition) is 2. The minimum Gasteiger partial charge on any atom is -0.340 e. The lowest BCUT2D eigenvalue weighted by atomic mass is 9.68. The first-order valence-corrected chi connectivity index (χ1v) is 11.8. The van der Waals surface area contributed by atoms with Crippen molar-refractivity contribution in [1.29, 1.82) is 0 Å². The minimum atomic E-state index is 0.143. The van der Waals surface area contributed by atoms with E-state index in [2.05, 4.69) is 50.0 Å². The molecule has 1 aromatic rings. The van der Waals surface area contributed by atoms with Crippen LogP contribution in [-0.2, 0) is 16.6 Å². The largest absolute Gasteiger partial charge is 0.340 e. The molecular weight excluding hydrogens is 380 g/mol. The molecule has 1 N–H and O–H groups in total. The van der Waals surface area contributed by atoms with E-state index in [1.165, 1.54) is 28.7 Å². The van der Waals surface area contributed by atoms with Crippen LogP contribution >= 0.6 is 11.6 Å². The second-order valence-corrected chi connectivity index (χ2v) is 9.36. The van der Waals surface area contributed by atoms with Gasteiger partial charge in [-0.1, -0.05) is 37.1 Å². The van der Waals surface area contributed by atoms with Gasteiger partial charge in [0.1, 0.15) is 0 Å². The number of benzene rings is 1. The highest BCUT2D eigenvalue weighted by Crippen LogP contribution is 2.44. The smallest absolute Gasteiger partial charge is 0.248 e. The molecular formula is C25H37ClN2O. The average molecular weight is 417 g/mol. The molecule has 29 heavy (non-hydrogen) atoms. The maximum absolute atomic E-state index is 12.6. The number of allylic oxidation sites excluding steroid dienone is 1. The van der Waals surface area contributed by atoms with E-state index in [-0.39, 0.29) is 11.3 Å². The Kier molecular flexibility index (Phi) is 7.45. The molecule has 1 fully saturated rings. The minimum absolute atomic E-state index is 0.143. The van der Waals surface area contributed by atoms with Crippen LogP contribution in [-0.4, -0.2) is 30.6 Å². The second kappa shape index (κ2) is 9.66. The molecule has 3 rings (SSSR count). The second-order valence-electron chi connectivity index (χ2n) is 8.95. The third-order valence-electron chi connectivity index (χ3n) is 7.35. The molecule has 1 amide bonds. The predicted molar refractivity (Wildman–Crippen MR) is 123 cm³/mol. The van der Waals surface area contributed by atoms with Gasteiger partial charge in [0.05, 0.1) is 6.67 Å². The summed E-state index contributed by atoms with van der Waals surface area (Å²) in [6, 6.07) is 4.23. The Labute approximate surface area is 181 Å². The molecule has 1 aliphatic heterocycles. The van der Waals surface area contributed by atoms with Gasteiger partial charge in [-0.3, -0.25) is 9.69 Å². The van der Waals surface area contributed by atoms with Crippen LogP contribution < -0.4 is 5.32 Å². The molecule has 0 unspecified atom stereocenters. The number of amides is 1. The number of halogens is 1. The van der Waals surface area contributed by atoms with Crippen molar-refractivity contribution >= 4 is 17.5 Å². The molecule has 0 saturated carbocycles. The van der Waals surface area contributed by atoms with Crippen molar-refractivity contribution in [3.8, 4) is 0 Å². The first kappa shape index (κ1) is 22.4. The lowest BCUT2D eigenvalue weighted by molar-refractivity contribution is -0.118. The number of rotatable bonds is 6. The highest BCUT2D eigenvalue weighted by Gasteiger charge is 2.37. The quantitative estimate of drug-likeness (QED) is 0.624. The summed E-state index contributed by atoms with van der Waals surface area (Å²) in [6.07, 6.45) is 8.68. The molecule has 1 aromatic carbocycles. The summed E-state index contributed by atoms with van der Waals surface area (Å²) >= 11 is 6.74. The van der Waals surface area contributed by atoms with Gasteiger partial charge in [0.15, 0.2) is 0 Å². The Morgan fingerprint density at radius 3 is 2.45 bits per heavy atom. The molecule has 1 heterocycles. The van der Waals surface area contributed by atoms with Gasteiger partial charge in [0, 0.05) is 23.7 Å². The fourth-order valence-electron chi connectivity index (χ4n) is 5.33. The number of nitrogens with zero attached hydrogens (tertiary/aromatic N) is 1. The third kappa shape index (κ3) is 4.72. The van der Waals surface area contributed by atoms with Crippen molar-refractivity contribution in [2.75, 3.05) is 19.8 Å². The first-order chi connectivity index (χ1) is 13.9. The normalized spacial score (nSPS) is 20.0. The molecule has 160 valence electrons. The van der Waals surface area contributed by atoms with E-state index in [0.29, 0.717) is 6.67 Å². The van der Waals surface area contributed by atoms with Crippen molar-refractivity contribution in [2.45, 2.75) is 84.5 Å². The molecule has 1 aliphatic carbocycles. The zero-order valence-corrected chi connectivity index (χ0v) is 19.4. The Morgan fingerprint density at radius 1 is 1.14 bits per heavy atom. The number of carbonyl (C=O) groups excluding carboxylic acids is 1. The van der Waals surface area contributed by atoms with E-state index in [1.54, 1.807) is 0 Å². The fourth-order valence-corrected chi connectivity index (χ4v) is 5.70. The topological polar surface area (TPSA) is 32.3 Å². The zero-order valence-electron chi connectivity index (χ0n) is 18.7. The summed E-state index contributed by atoms with van der Waals surface area (Å²) in [6.45, 7) is 11.5. The maximum Gasteiger partial charge on any atom is 0.248 e. The van der Waals surface area contributed by atoms with Crippen LogP contribution in [0.1, 0.15) is 82.4 Å². The van der Waals surface area contributed by atoms with E-state index >= 15 is 0 Å². The van der Waals surface area contributed by atoms with E-state index in [1.807, 2.05) is 0 Å². The third-order valence-corrected chi connectivity index (χ3v) is 7.67. The van der Waals surface area contributed by atoms with E-state index in [9.17, 15) is 4.79 Å². The van der Waals surface area contributed by atoms with Crippen molar-refractivity contribution in [2.24, 2.45) is 0 Å². The van der Waals surface area contributed by atoms with Gasteiger partial charge in [-0.2, -0.15) is 0 Å². The van der Waals surface area contributed by atoms with Gasteiger partial charge in [-0.25, -0.2) is 0 Å². The lowest BCUT2D eigenvalue weighted by Gasteiger charge is -2.43. The first-order valence-electron chi connectivity index (χ1n) is 11.4. The van der Waals surface area contributed by atoms with Crippen LogP contribution in [0.4, 0.5) is 0 Å². The van der Waals surface area contributed by atoms with E-state index in [0.717, 1.165) is 68.6 Å². The van der Waals surface area contributed by atoms with Crippen molar-refractivity contribution in [1.82, 2.24) is 10.2 Å². The van der Waals surface area contributed by atoms with Crippen LogP contribution in [0.5, 0.6) is 0 Å². The van der Waals surface area contributed by atoms with Crippen molar-refractivity contribution in [3.05, 3.63) is 45.0 Å². The van der Waals surface area contributed by atoms with Gasteiger partial charge in [-0.05, 0) is 93.4 Å². The SMILES string of the molecule is CCc1c(C)ccc(Cl)c1C1(CC)CCN(CNC(=O)C2=C(C)CCCC2)CC1. The molecule has 0 aromatic heterocycles. The van der Waals surface area contributed by atoms with Crippen LogP contribution in [0.15, 0.2) is 23.3 Å². The highest BCUT2D eigenvalue weighted by molar-refractivity contribution is 6.31. The monoisotopic (exact) mass is 416 g/mol. The molecule has 0 radical (unpaired) electrons. The summed E-state index contributed by atoms with van der Waals surface area (Å²) in [5.41, 5.74) is 6.62. The zero-order chi connectivity index (χ0) is 21.0. The number of carbonyl (C=O) groups is 1. The van der Waals surface area contributed by atoms with Gasteiger partial charge < -0.3 is 5.32 Å². The summed E-state index contributed by atoms with van der Waals surface area (Å²) in [5.74, 6) is 0.143. The molecule has 0 atom stereocenters. The molecule has 0 spiro atoms. The molecule has 2 aliphatic rings. The molecule has 0 bridgehead atoms. The number of nitrogens with one attached hydrogen (secondary N) is 1. The lowest BCUT2D eigenvalue weighted by Crippen LogP contribution is -2.47. The standard InChI is InChI=1S/C25H37ClN2O/c1-5-20-19(4)11-12-22(26)23(20)25(6-2)13-15-28(16-14-25)17-27-24(29)21-10-8-7-9-18(21)3/h11-12H,5-10,13-17H2,1-4H3,(H,27,29). The summed E-state index contributed by atoms with van der Waals surface area (Å²) < 4.78 is 0. The molecule has 4 heteroatoms. The summed E-state index contributed by atoms with van der Waals surface area (Å²) in [5, 5.41) is 4.11. The van der Waals surface area contributed by atoms with Crippen molar-refractivity contribution < 1.29 is 4.79 Å². The van der Waals surface area contributed by atoms with Gasteiger partial charge >= 0.3 is 0 Å². The fraction of sp³-hybridized carbons (Fsp3) is 0.640. The van der Waals surface area contributed by atoms with Crippen LogP contribution in [0.3, 0.4) is 0 Å². The summed E-state index contributed by atoms with van der Waals surface area (Å²) in [7, 11) is 0. The Hall–Kier alpha value is -1.32. The number of piperidine rings is 1. The van der Waals surface area contributed by atoms with Gasteiger partial charge in [0.2, 0.25) is 5.91 Å². The Bertz CT molecular complexity index is 775. The average Bonchev–Trinajstić information content (AvgIpc) is 2.74. The van der Waals surface area contributed by atoms with Crippen molar-refractivity contribution in [3.63, 3.8) is 0 Å². The Balaban J connectivity index is 1.66. The van der Waals surface area contributed by atoms with E-state index < -0.39 is 0 Å². The number of aryl methyl sites for hydroxylation is 1. The Morgan fingerprint density at radius 2 is 1.83 bits per heavy atom. The van der Waals surface area contributed by atoms with Gasteiger partial charge in [0.25, 0.3) is 0 Å². The van der Waals surface area contributed by atoms with Crippen LogP contribution in [0, 0.1) is 6.92 Å². The summed E-state index contributed by atoms with van der Waals surface area (Å²) in [4.78, 5) is 15.0.